The van der Waals surface area contributed by atoms with Crippen LogP contribution in [0.4, 0.5) is 0 Å². The van der Waals surface area contributed by atoms with Gasteiger partial charge in [-0.15, -0.1) is 0 Å². The highest BCUT2D eigenvalue weighted by Gasteiger charge is 2.26. The first kappa shape index (κ1) is 15.9. The predicted molar refractivity (Wildman–Crippen MR) is 73.9 cm³/mol. The Balaban J connectivity index is 4.55. The third-order valence-electron chi connectivity index (χ3n) is 3.98. The summed E-state index contributed by atoms with van der Waals surface area (Å²) in [5, 5.41) is 3.49. The van der Waals surface area contributed by atoms with E-state index in [0.29, 0.717) is 18.1 Å². The second-order valence-corrected chi connectivity index (χ2v) is 5.31. The summed E-state index contributed by atoms with van der Waals surface area (Å²) in [5.74, 6) is 0.721. The van der Waals surface area contributed by atoms with Gasteiger partial charge in [0.1, 0.15) is 0 Å². The summed E-state index contributed by atoms with van der Waals surface area (Å²) in [5.41, 5.74) is 0. The van der Waals surface area contributed by atoms with Gasteiger partial charge in [-0.25, -0.2) is 0 Å². The number of rotatable bonds is 8. The van der Waals surface area contributed by atoms with Crippen molar-refractivity contribution in [1.82, 2.24) is 10.2 Å². The van der Waals surface area contributed by atoms with Gasteiger partial charge in [-0.1, -0.05) is 34.1 Å². The Morgan fingerprint density at radius 3 is 2.00 bits per heavy atom. The Kier molecular flexibility index (Phi) is 8.04. The molecular formula is C14H32N2. The van der Waals surface area contributed by atoms with Crippen molar-refractivity contribution in [2.75, 3.05) is 14.1 Å². The molecule has 1 N–H and O–H groups in total. The molecule has 0 aromatic rings. The first-order valence-corrected chi connectivity index (χ1v) is 6.88. The molecule has 16 heavy (non-hydrogen) atoms. The quantitative estimate of drug-likeness (QED) is 0.686. The molecule has 0 rings (SSSR count). The van der Waals surface area contributed by atoms with Crippen LogP contribution in [0.15, 0.2) is 0 Å². The maximum absolute atomic E-state index is 3.49. The Hall–Kier alpha value is -0.0800. The molecule has 3 unspecified atom stereocenters. The first-order chi connectivity index (χ1) is 7.49. The number of nitrogens with zero attached hydrogens (tertiary/aromatic N) is 1. The lowest BCUT2D eigenvalue weighted by molar-refractivity contribution is 0.113. The van der Waals surface area contributed by atoms with Crippen LogP contribution in [0.25, 0.3) is 0 Å². The normalized spacial score (nSPS) is 17.8. The third kappa shape index (κ3) is 4.42. The molecule has 0 radical (unpaired) electrons. The van der Waals surface area contributed by atoms with Gasteiger partial charge in [0.15, 0.2) is 0 Å². The molecule has 3 atom stereocenters. The van der Waals surface area contributed by atoms with Gasteiger partial charge in [-0.05, 0) is 39.8 Å². The van der Waals surface area contributed by atoms with Crippen LogP contribution in [0.3, 0.4) is 0 Å². The molecule has 0 aliphatic heterocycles. The lowest BCUT2D eigenvalue weighted by Crippen LogP contribution is -2.51. The van der Waals surface area contributed by atoms with Crippen LogP contribution in [0, 0.1) is 5.92 Å². The Bertz CT molecular complexity index is 168. The van der Waals surface area contributed by atoms with E-state index in [4.69, 9.17) is 0 Å². The fourth-order valence-corrected chi connectivity index (χ4v) is 2.47. The van der Waals surface area contributed by atoms with E-state index in [1.807, 2.05) is 0 Å². The Morgan fingerprint density at radius 2 is 1.69 bits per heavy atom. The van der Waals surface area contributed by atoms with Gasteiger partial charge >= 0.3 is 0 Å². The highest BCUT2D eigenvalue weighted by atomic mass is 15.2. The topological polar surface area (TPSA) is 15.3 Å². The summed E-state index contributed by atoms with van der Waals surface area (Å²) in [4.78, 5) is 2.56. The molecular weight excluding hydrogens is 196 g/mol. The van der Waals surface area contributed by atoms with Crippen LogP contribution in [0.2, 0.25) is 0 Å². The molecule has 0 saturated heterocycles. The molecule has 0 spiro atoms. The minimum atomic E-state index is 0.626. The molecule has 0 bridgehead atoms. The van der Waals surface area contributed by atoms with Crippen molar-refractivity contribution in [2.45, 2.75) is 72.0 Å². The highest BCUT2D eigenvalue weighted by molar-refractivity contribution is 4.84. The zero-order valence-electron chi connectivity index (χ0n) is 12.4. The van der Waals surface area contributed by atoms with Crippen LogP contribution >= 0.6 is 0 Å². The molecule has 0 aromatic carbocycles. The maximum atomic E-state index is 3.49. The van der Waals surface area contributed by atoms with Gasteiger partial charge < -0.3 is 5.32 Å². The third-order valence-corrected chi connectivity index (χ3v) is 3.98. The first-order valence-electron chi connectivity index (χ1n) is 6.88. The van der Waals surface area contributed by atoms with Crippen LogP contribution < -0.4 is 5.32 Å². The fraction of sp³-hybridized carbons (Fsp3) is 1.00. The Morgan fingerprint density at radius 1 is 1.12 bits per heavy atom. The fourth-order valence-electron chi connectivity index (χ4n) is 2.47. The zero-order valence-corrected chi connectivity index (χ0v) is 12.4. The van der Waals surface area contributed by atoms with E-state index >= 15 is 0 Å². The maximum Gasteiger partial charge on any atom is 0.0246 e. The van der Waals surface area contributed by atoms with Gasteiger partial charge in [-0.3, -0.25) is 4.90 Å². The molecule has 2 nitrogen and oxygen atoms in total. The molecule has 0 aliphatic rings. The van der Waals surface area contributed by atoms with Crippen molar-refractivity contribution < 1.29 is 0 Å². The minimum absolute atomic E-state index is 0.626. The smallest absolute Gasteiger partial charge is 0.0246 e. The van der Waals surface area contributed by atoms with Crippen LogP contribution in [-0.4, -0.2) is 37.1 Å². The van der Waals surface area contributed by atoms with Crippen molar-refractivity contribution in [3.63, 3.8) is 0 Å². The van der Waals surface area contributed by atoms with Crippen molar-refractivity contribution in [1.29, 1.82) is 0 Å². The summed E-state index contributed by atoms with van der Waals surface area (Å²) < 4.78 is 0. The van der Waals surface area contributed by atoms with E-state index in [1.165, 1.54) is 19.3 Å². The number of nitrogens with one attached hydrogen (secondary N) is 1. The van der Waals surface area contributed by atoms with Crippen LogP contribution in [0.5, 0.6) is 0 Å². The number of hydrogen-bond donors (Lipinski definition) is 1. The van der Waals surface area contributed by atoms with E-state index in [2.05, 4.69) is 58.9 Å². The molecule has 2 heteroatoms. The predicted octanol–water partition coefficient (Wildman–Crippen LogP) is 3.13. The average molecular weight is 228 g/mol. The second kappa shape index (κ2) is 8.08. The molecule has 0 saturated carbocycles. The van der Waals surface area contributed by atoms with Crippen molar-refractivity contribution >= 4 is 0 Å². The standard InChI is InChI=1S/C14H32N2/c1-8-10-13(15-6)14(9-2)16(7)12(5)11(3)4/h11-15H,8-10H2,1-7H3. The highest BCUT2D eigenvalue weighted by Crippen LogP contribution is 2.18. The van der Waals surface area contributed by atoms with E-state index in [1.54, 1.807) is 0 Å². The SMILES string of the molecule is CCCC(NC)C(CC)N(C)C(C)C(C)C. The summed E-state index contributed by atoms with van der Waals surface area (Å²) in [7, 11) is 4.37. The molecule has 0 fully saturated rings. The summed E-state index contributed by atoms with van der Waals surface area (Å²) in [6.07, 6.45) is 3.75. The largest absolute Gasteiger partial charge is 0.315 e. The molecule has 0 aliphatic carbocycles. The van der Waals surface area contributed by atoms with Gasteiger partial charge in [-0.2, -0.15) is 0 Å². The zero-order chi connectivity index (χ0) is 12.7. The van der Waals surface area contributed by atoms with E-state index in [-0.39, 0.29) is 0 Å². The van der Waals surface area contributed by atoms with Gasteiger partial charge in [0.2, 0.25) is 0 Å². The molecule has 98 valence electrons. The average Bonchev–Trinajstić information content (AvgIpc) is 2.27. The van der Waals surface area contributed by atoms with Gasteiger partial charge in [0.25, 0.3) is 0 Å². The lowest BCUT2D eigenvalue weighted by atomic mass is 9.95. The van der Waals surface area contributed by atoms with E-state index in [0.717, 1.165) is 5.92 Å². The molecule has 0 aromatic heterocycles. The van der Waals surface area contributed by atoms with Gasteiger partial charge in [0.05, 0.1) is 0 Å². The summed E-state index contributed by atoms with van der Waals surface area (Å²) in [6, 6.07) is 1.93. The van der Waals surface area contributed by atoms with Crippen LogP contribution in [0.1, 0.15) is 53.9 Å². The summed E-state index contributed by atoms with van der Waals surface area (Å²) >= 11 is 0. The number of hydrogen-bond acceptors (Lipinski definition) is 2. The Labute approximate surface area is 103 Å². The van der Waals surface area contributed by atoms with Crippen LogP contribution in [-0.2, 0) is 0 Å². The van der Waals surface area contributed by atoms with Crippen molar-refractivity contribution in [2.24, 2.45) is 5.92 Å². The van der Waals surface area contributed by atoms with E-state index < -0.39 is 0 Å². The monoisotopic (exact) mass is 228 g/mol. The number of likely N-dealkylation sites (N-methyl/N-ethyl adjacent to an activating group) is 2. The molecule has 0 heterocycles. The van der Waals surface area contributed by atoms with Crippen molar-refractivity contribution in [3.05, 3.63) is 0 Å². The lowest BCUT2D eigenvalue weighted by Gasteiger charge is -2.39. The summed E-state index contributed by atoms with van der Waals surface area (Å²) in [6.45, 7) is 11.5. The minimum Gasteiger partial charge on any atom is -0.315 e. The van der Waals surface area contributed by atoms with Crippen molar-refractivity contribution in [3.8, 4) is 0 Å². The van der Waals surface area contributed by atoms with E-state index in [9.17, 15) is 0 Å². The second-order valence-electron chi connectivity index (χ2n) is 5.31. The molecule has 0 amide bonds. The van der Waals surface area contributed by atoms with Gasteiger partial charge in [0, 0.05) is 18.1 Å².